The number of carboxylic acids is 1. The molecular formula is C10H11NO5. The molecule has 1 aromatic heterocycles. The molecule has 1 amide bonds. The summed E-state index contributed by atoms with van der Waals surface area (Å²) in [5.41, 5.74) is -0.0344. The highest BCUT2D eigenvalue weighted by Crippen LogP contribution is 2.09. The van der Waals surface area contributed by atoms with E-state index in [1.807, 2.05) is 0 Å². The first-order chi connectivity index (χ1) is 7.66. The maximum absolute atomic E-state index is 11.6. The van der Waals surface area contributed by atoms with E-state index in [1.54, 1.807) is 0 Å². The number of aromatic carboxylic acids is 1. The van der Waals surface area contributed by atoms with Crippen molar-refractivity contribution in [2.24, 2.45) is 0 Å². The summed E-state index contributed by atoms with van der Waals surface area (Å²) >= 11 is 0. The van der Waals surface area contributed by atoms with Crippen molar-refractivity contribution in [3.05, 3.63) is 23.7 Å². The molecule has 0 saturated carbocycles. The Bertz CT molecular complexity index is 405. The van der Waals surface area contributed by atoms with Crippen LogP contribution in [0.5, 0.6) is 0 Å². The molecule has 0 aromatic carbocycles. The quantitative estimate of drug-likeness (QED) is 0.781. The molecule has 86 valence electrons. The number of hydrogen-bond donors (Lipinski definition) is 2. The molecule has 6 nitrogen and oxygen atoms in total. The van der Waals surface area contributed by atoms with Crippen LogP contribution in [-0.2, 0) is 4.74 Å². The van der Waals surface area contributed by atoms with E-state index in [9.17, 15) is 9.59 Å². The first-order valence-electron chi connectivity index (χ1n) is 4.87. The van der Waals surface area contributed by atoms with Crippen molar-refractivity contribution in [1.29, 1.82) is 0 Å². The van der Waals surface area contributed by atoms with Crippen LogP contribution in [0.4, 0.5) is 0 Å². The maximum atomic E-state index is 11.6. The number of hydrogen-bond acceptors (Lipinski definition) is 4. The lowest BCUT2D eigenvalue weighted by Gasteiger charge is -2.08. The standard InChI is InChI=1S/C10H11NO5/c12-9(11-7-1-2-15-5-7)8-3-6(4-16-8)10(13)14/h3-4,7H,1-2,5H2,(H,11,12)(H,13,14). The number of carbonyl (C=O) groups excluding carboxylic acids is 1. The second-order valence-electron chi connectivity index (χ2n) is 3.54. The van der Waals surface area contributed by atoms with Gasteiger partial charge in [0.15, 0.2) is 5.76 Å². The average molecular weight is 225 g/mol. The van der Waals surface area contributed by atoms with Gasteiger partial charge in [0.25, 0.3) is 5.91 Å². The molecule has 0 aliphatic carbocycles. The summed E-state index contributed by atoms with van der Waals surface area (Å²) in [7, 11) is 0. The van der Waals surface area contributed by atoms with Crippen molar-refractivity contribution < 1.29 is 23.8 Å². The van der Waals surface area contributed by atoms with Gasteiger partial charge in [-0.15, -0.1) is 0 Å². The van der Waals surface area contributed by atoms with E-state index in [-0.39, 0.29) is 17.4 Å². The molecule has 1 saturated heterocycles. The molecule has 0 radical (unpaired) electrons. The van der Waals surface area contributed by atoms with Gasteiger partial charge in [0.1, 0.15) is 6.26 Å². The highest BCUT2D eigenvalue weighted by atomic mass is 16.5. The minimum absolute atomic E-state index is 0.00398. The smallest absolute Gasteiger partial charge is 0.338 e. The van der Waals surface area contributed by atoms with Crippen LogP contribution in [0.15, 0.2) is 16.7 Å². The zero-order chi connectivity index (χ0) is 11.5. The predicted octanol–water partition coefficient (Wildman–Crippen LogP) is 0.496. The Hall–Kier alpha value is -1.82. The van der Waals surface area contributed by atoms with E-state index in [1.165, 1.54) is 6.07 Å². The van der Waals surface area contributed by atoms with Gasteiger partial charge in [0.2, 0.25) is 0 Å². The van der Waals surface area contributed by atoms with Gasteiger partial charge in [-0.3, -0.25) is 4.79 Å². The summed E-state index contributed by atoms with van der Waals surface area (Å²) < 4.78 is 9.96. The summed E-state index contributed by atoms with van der Waals surface area (Å²) in [5.74, 6) is -1.53. The fourth-order valence-corrected chi connectivity index (χ4v) is 1.47. The van der Waals surface area contributed by atoms with Crippen LogP contribution >= 0.6 is 0 Å². The number of rotatable bonds is 3. The Kier molecular flexibility index (Phi) is 2.91. The van der Waals surface area contributed by atoms with E-state index >= 15 is 0 Å². The normalized spacial score (nSPS) is 19.6. The molecular weight excluding hydrogens is 214 g/mol. The second-order valence-corrected chi connectivity index (χ2v) is 3.54. The van der Waals surface area contributed by atoms with Crippen LogP contribution in [0.1, 0.15) is 27.3 Å². The van der Waals surface area contributed by atoms with Crippen molar-refractivity contribution in [2.45, 2.75) is 12.5 Å². The van der Waals surface area contributed by atoms with Crippen LogP contribution in [0, 0.1) is 0 Å². The van der Waals surface area contributed by atoms with Crippen molar-refractivity contribution >= 4 is 11.9 Å². The number of carbonyl (C=O) groups is 2. The number of amides is 1. The van der Waals surface area contributed by atoms with Crippen LogP contribution < -0.4 is 5.32 Å². The number of furan rings is 1. The largest absolute Gasteiger partial charge is 0.478 e. The fourth-order valence-electron chi connectivity index (χ4n) is 1.47. The van der Waals surface area contributed by atoms with Crippen molar-refractivity contribution in [3.8, 4) is 0 Å². The third-order valence-corrected chi connectivity index (χ3v) is 2.34. The number of carboxylic acid groups (broad SMARTS) is 1. The molecule has 0 spiro atoms. The minimum atomic E-state index is -1.12. The Labute approximate surface area is 91.2 Å². The summed E-state index contributed by atoms with van der Waals surface area (Å²) in [6, 6.07) is 1.18. The summed E-state index contributed by atoms with van der Waals surface area (Å²) in [6.07, 6.45) is 1.81. The summed E-state index contributed by atoms with van der Waals surface area (Å²) in [4.78, 5) is 22.2. The first-order valence-corrected chi connectivity index (χ1v) is 4.87. The van der Waals surface area contributed by atoms with Gasteiger partial charge in [0, 0.05) is 12.7 Å². The van der Waals surface area contributed by atoms with Gasteiger partial charge in [-0.1, -0.05) is 0 Å². The molecule has 1 fully saturated rings. The van der Waals surface area contributed by atoms with Gasteiger partial charge < -0.3 is 19.6 Å². The Balaban J connectivity index is 1.99. The Morgan fingerprint density at radius 1 is 1.50 bits per heavy atom. The summed E-state index contributed by atoms with van der Waals surface area (Å²) in [6.45, 7) is 1.11. The molecule has 1 aliphatic heterocycles. The van der Waals surface area contributed by atoms with E-state index in [2.05, 4.69) is 5.32 Å². The third kappa shape index (κ3) is 2.22. The number of nitrogens with one attached hydrogen (secondary N) is 1. The zero-order valence-electron chi connectivity index (χ0n) is 8.43. The zero-order valence-corrected chi connectivity index (χ0v) is 8.43. The molecule has 0 bridgehead atoms. The van der Waals surface area contributed by atoms with Gasteiger partial charge in [-0.2, -0.15) is 0 Å². The predicted molar refractivity (Wildman–Crippen MR) is 52.4 cm³/mol. The van der Waals surface area contributed by atoms with E-state index in [0.29, 0.717) is 13.2 Å². The Morgan fingerprint density at radius 2 is 2.31 bits per heavy atom. The van der Waals surface area contributed by atoms with Crippen molar-refractivity contribution in [2.75, 3.05) is 13.2 Å². The van der Waals surface area contributed by atoms with Crippen molar-refractivity contribution in [3.63, 3.8) is 0 Å². The molecule has 6 heteroatoms. The van der Waals surface area contributed by atoms with Gasteiger partial charge in [-0.05, 0) is 6.42 Å². The second kappa shape index (κ2) is 4.36. The third-order valence-electron chi connectivity index (χ3n) is 2.34. The molecule has 2 rings (SSSR count). The van der Waals surface area contributed by atoms with Gasteiger partial charge in [-0.25, -0.2) is 4.79 Å². The van der Waals surface area contributed by atoms with Crippen LogP contribution in [0.2, 0.25) is 0 Å². The highest BCUT2D eigenvalue weighted by molar-refractivity contribution is 5.95. The minimum Gasteiger partial charge on any atom is -0.478 e. The van der Waals surface area contributed by atoms with Crippen LogP contribution in [0.25, 0.3) is 0 Å². The fraction of sp³-hybridized carbons (Fsp3) is 0.400. The maximum Gasteiger partial charge on any atom is 0.338 e. The van der Waals surface area contributed by atoms with Gasteiger partial charge in [0.05, 0.1) is 18.2 Å². The molecule has 2 heterocycles. The van der Waals surface area contributed by atoms with E-state index in [4.69, 9.17) is 14.3 Å². The molecule has 1 unspecified atom stereocenters. The van der Waals surface area contributed by atoms with E-state index < -0.39 is 11.9 Å². The molecule has 1 aliphatic rings. The topological polar surface area (TPSA) is 88.8 Å². The molecule has 16 heavy (non-hydrogen) atoms. The average Bonchev–Trinajstić information content (AvgIpc) is 2.86. The van der Waals surface area contributed by atoms with Crippen molar-refractivity contribution in [1.82, 2.24) is 5.32 Å². The lowest BCUT2D eigenvalue weighted by atomic mass is 10.2. The Morgan fingerprint density at radius 3 is 2.88 bits per heavy atom. The molecule has 2 N–H and O–H groups in total. The molecule has 1 atom stereocenters. The SMILES string of the molecule is O=C(O)c1coc(C(=O)NC2CCOC2)c1. The summed E-state index contributed by atoms with van der Waals surface area (Å²) in [5, 5.41) is 11.3. The lowest BCUT2D eigenvalue weighted by Crippen LogP contribution is -2.34. The van der Waals surface area contributed by atoms with Crippen LogP contribution in [0.3, 0.4) is 0 Å². The first kappa shape index (κ1) is 10.7. The van der Waals surface area contributed by atoms with Gasteiger partial charge >= 0.3 is 5.97 Å². The van der Waals surface area contributed by atoms with E-state index in [0.717, 1.165) is 12.7 Å². The lowest BCUT2D eigenvalue weighted by molar-refractivity contribution is 0.0695. The monoisotopic (exact) mass is 225 g/mol. The number of ether oxygens (including phenoxy) is 1. The molecule has 1 aromatic rings. The van der Waals surface area contributed by atoms with Crippen LogP contribution in [-0.4, -0.2) is 36.2 Å². The highest BCUT2D eigenvalue weighted by Gasteiger charge is 2.21.